The number of carbonyl (C=O) groups is 2. The van der Waals surface area contributed by atoms with E-state index in [2.05, 4.69) is 38.2 Å². The van der Waals surface area contributed by atoms with Gasteiger partial charge in [0.2, 0.25) is 0 Å². The Labute approximate surface area is 394 Å². The molecule has 7 nitrogen and oxygen atoms in total. The number of rotatable bonds is 47. The molecule has 0 saturated heterocycles. The van der Waals surface area contributed by atoms with Crippen molar-refractivity contribution in [3.63, 3.8) is 0 Å². The highest BCUT2D eigenvalue weighted by atomic mass is 32.2. The molecule has 8 heteroatoms. The van der Waals surface area contributed by atoms with E-state index in [0.29, 0.717) is 12.8 Å². The number of carbonyl (C=O) groups excluding carboxylic acids is 2. The molecule has 0 aliphatic heterocycles. The van der Waals surface area contributed by atoms with Gasteiger partial charge in [0.1, 0.15) is 4.90 Å². The topological polar surface area (TPSA) is 107 Å². The van der Waals surface area contributed by atoms with Crippen molar-refractivity contribution in [2.75, 3.05) is 13.2 Å². The number of hydrogen-bond donors (Lipinski definition) is 1. The molecule has 0 aromatic heterocycles. The first kappa shape index (κ1) is 59.6. The highest BCUT2D eigenvalue weighted by Crippen LogP contribution is 2.23. The van der Waals surface area contributed by atoms with Crippen LogP contribution < -0.4 is 0 Å². The molecule has 1 N–H and O–H groups in total. The summed E-state index contributed by atoms with van der Waals surface area (Å²) in [5.41, 5.74) is -0.666. The minimum absolute atomic E-state index is 0.112. The number of benzene rings is 1. The average Bonchev–Trinajstić information content (AvgIpc) is 3.28. The first-order valence-corrected chi connectivity index (χ1v) is 28.5. The van der Waals surface area contributed by atoms with Gasteiger partial charge in [-0.15, -0.1) is 0 Å². The largest absolute Gasteiger partial charge is 0.462 e. The summed E-state index contributed by atoms with van der Waals surface area (Å²) < 4.78 is 45.1. The Balaban J connectivity index is 2.11. The van der Waals surface area contributed by atoms with Gasteiger partial charge in [-0.1, -0.05) is 237 Å². The third-order valence-electron chi connectivity index (χ3n) is 12.5. The van der Waals surface area contributed by atoms with Gasteiger partial charge in [0.05, 0.1) is 24.3 Å². The van der Waals surface area contributed by atoms with Crippen LogP contribution in [0.3, 0.4) is 0 Å². The molecule has 1 rings (SSSR count). The predicted octanol–water partition coefficient (Wildman–Crippen LogP) is 18.0. The van der Waals surface area contributed by atoms with Gasteiger partial charge in [0, 0.05) is 0 Å². The maximum Gasteiger partial charge on any atom is 0.340 e. The van der Waals surface area contributed by atoms with Gasteiger partial charge in [-0.05, 0) is 76.3 Å². The van der Waals surface area contributed by atoms with E-state index in [1.165, 1.54) is 218 Å². The predicted molar refractivity (Wildman–Crippen MR) is 271 cm³/mol. The SMILES string of the molecule is CCCCCC/C=C/CCCCCCCCCCCCCCCCOC(=O)c1cccc(S(=O)(=O)O)c1C(=O)OCCCCCCCCCCCCCCCC/C=C/CCCCCC. The van der Waals surface area contributed by atoms with Crippen molar-refractivity contribution < 1.29 is 32.0 Å². The lowest BCUT2D eigenvalue weighted by Gasteiger charge is -2.13. The van der Waals surface area contributed by atoms with E-state index < -0.39 is 32.5 Å². The molecule has 0 bridgehead atoms. The summed E-state index contributed by atoms with van der Waals surface area (Å²) in [6.07, 6.45) is 59.2. The Morgan fingerprint density at radius 1 is 0.422 bits per heavy atom. The Morgan fingerprint density at radius 2 is 0.703 bits per heavy atom. The molecule has 0 radical (unpaired) electrons. The lowest BCUT2D eigenvalue weighted by atomic mass is 10.0. The summed E-state index contributed by atoms with van der Waals surface area (Å²) in [4.78, 5) is 25.5. The summed E-state index contributed by atoms with van der Waals surface area (Å²) in [5.74, 6) is -1.73. The van der Waals surface area contributed by atoms with Gasteiger partial charge in [0.15, 0.2) is 0 Å². The van der Waals surface area contributed by atoms with Crippen molar-refractivity contribution in [2.45, 2.75) is 276 Å². The van der Waals surface area contributed by atoms with Gasteiger partial charge >= 0.3 is 11.9 Å². The molecule has 1 aromatic rings. The van der Waals surface area contributed by atoms with Crippen molar-refractivity contribution in [1.29, 1.82) is 0 Å². The van der Waals surface area contributed by atoms with Crippen LogP contribution in [0.4, 0.5) is 0 Å². The number of ether oxygens (including phenoxy) is 2. The molecule has 0 aliphatic rings. The molecule has 370 valence electrons. The van der Waals surface area contributed by atoms with Crippen LogP contribution in [0, 0.1) is 0 Å². The molecule has 0 amide bonds. The maximum atomic E-state index is 13.1. The van der Waals surface area contributed by atoms with Gasteiger partial charge in [-0.3, -0.25) is 4.55 Å². The van der Waals surface area contributed by atoms with Gasteiger partial charge in [0.25, 0.3) is 10.1 Å². The Bertz CT molecular complexity index is 1400. The number of allylic oxidation sites excluding steroid dienone is 4. The standard InChI is InChI=1S/C56H98O7S/c1-3-5-7-9-11-13-15-17-19-21-23-25-27-29-31-33-35-37-39-41-43-45-50-62-55(57)52-48-47-49-53(64(59,60)61)54(52)56(58)63-51-46-44-42-40-38-36-34-32-30-28-26-24-22-20-18-16-14-12-10-8-6-4-2/h13-16,47-49H,3-12,17-46,50-51H2,1-2H3,(H,59,60,61)/b15-13+,16-14+. The van der Waals surface area contributed by atoms with Crippen LogP contribution in [0.2, 0.25) is 0 Å². The third-order valence-corrected chi connectivity index (χ3v) is 13.4. The lowest BCUT2D eigenvalue weighted by molar-refractivity contribution is 0.0446. The quantitative estimate of drug-likeness (QED) is 0.0300. The fraction of sp³-hybridized carbons (Fsp3) is 0.786. The van der Waals surface area contributed by atoms with Crippen molar-refractivity contribution in [3.8, 4) is 0 Å². The van der Waals surface area contributed by atoms with E-state index in [4.69, 9.17) is 9.47 Å². The van der Waals surface area contributed by atoms with Gasteiger partial charge in [-0.25, -0.2) is 9.59 Å². The first-order chi connectivity index (χ1) is 31.3. The molecule has 64 heavy (non-hydrogen) atoms. The summed E-state index contributed by atoms with van der Waals surface area (Å²) in [6.45, 7) is 4.81. The molecule has 0 unspecified atom stereocenters. The normalized spacial score (nSPS) is 11.9. The zero-order valence-corrected chi connectivity index (χ0v) is 42.4. The fourth-order valence-corrected chi connectivity index (χ4v) is 9.13. The molecule has 0 fully saturated rings. The van der Waals surface area contributed by atoms with E-state index in [1.807, 2.05) is 0 Å². The number of esters is 2. The first-order valence-electron chi connectivity index (χ1n) is 27.1. The van der Waals surface area contributed by atoms with Crippen LogP contribution in [0.25, 0.3) is 0 Å². The summed E-state index contributed by atoms with van der Waals surface area (Å²) in [5, 5.41) is 0. The molecular formula is C56H98O7S. The van der Waals surface area contributed by atoms with Crippen LogP contribution in [0.15, 0.2) is 47.4 Å². The van der Waals surface area contributed by atoms with Crippen molar-refractivity contribution >= 4 is 22.1 Å². The zero-order chi connectivity index (χ0) is 46.4. The molecule has 0 spiro atoms. The van der Waals surface area contributed by atoms with E-state index in [0.717, 1.165) is 44.6 Å². The minimum Gasteiger partial charge on any atom is -0.462 e. The third kappa shape index (κ3) is 35.8. The van der Waals surface area contributed by atoms with Gasteiger partial charge in [-0.2, -0.15) is 8.42 Å². The Morgan fingerprint density at radius 3 is 1.02 bits per heavy atom. The van der Waals surface area contributed by atoms with Crippen LogP contribution in [-0.2, 0) is 19.6 Å². The minimum atomic E-state index is -4.77. The van der Waals surface area contributed by atoms with Crippen LogP contribution in [-0.4, -0.2) is 38.1 Å². The van der Waals surface area contributed by atoms with Crippen molar-refractivity contribution in [3.05, 3.63) is 53.6 Å². The van der Waals surface area contributed by atoms with E-state index in [-0.39, 0.29) is 18.8 Å². The number of hydrogen-bond acceptors (Lipinski definition) is 6. The smallest absolute Gasteiger partial charge is 0.340 e. The van der Waals surface area contributed by atoms with Crippen LogP contribution in [0.5, 0.6) is 0 Å². The molecule has 0 atom stereocenters. The summed E-state index contributed by atoms with van der Waals surface area (Å²) in [7, 11) is -4.77. The van der Waals surface area contributed by atoms with Crippen LogP contribution in [0.1, 0.15) is 291 Å². The van der Waals surface area contributed by atoms with Gasteiger partial charge < -0.3 is 9.47 Å². The number of unbranched alkanes of at least 4 members (excludes halogenated alkanes) is 36. The monoisotopic (exact) mass is 915 g/mol. The van der Waals surface area contributed by atoms with Crippen molar-refractivity contribution in [2.24, 2.45) is 0 Å². The highest BCUT2D eigenvalue weighted by molar-refractivity contribution is 7.86. The zero-order valence-electron chi connectivity index (χ0n) is 41.5. The van der Waals surface area contributed by atoms with Crippen LogP contribution >= 0.6 is 0 Å². The average molecular weight is 915 g/mol. The maximum absolute atomic E-state index is 13.1. The van der Waals surface area contributed by atoms with E-state index in [1.54, 1.807) is 0 Å². The molecule has 1 aromatic carbocycles. The second kappa shape index (κ2) is 44.4. The second-order valence-electron chi connectivity index (χ2n) is 18.5. The summed E-state index contributed by atoms with van der Waals surface area (Å²) in [6, 6.07) is 3.78. The Hall–Kier alpha value is -2.45. The molecule has 0 saturated carbocycles. The molecule has 0 aliphatic carbocycles. The highest BCUT2D eigenvalue weighted by Gasteiger charge is 2.28. The van der Waals surface area contributed by atoms with E-state index in [9.17, 15) is 22.6 Å². The lowest BCUT2D eigenvalue weighted by Crippen LogP contribution is -2.19. The summed E-state index contributed by atoms with van der Waals surface area (Å²) >= 11 is 0. The second-order valence-corrected chi connectivity index (χ2v) is 19.9. The molecule has 0 heterocycles. The van der Waals surface area contributed by atoms with Crippen molar-refractivity contribution in [1.82, 2.24) is 0 Å². The Kier molecular flexibility index (Phi) is 41.3. The molecular weight excluding hydrogens is 817 g/mol. The van der Waals surface area contributed by atoms with E-state index >= 15 is 0 Å². The fourth-order valence-electron chi connectivity index (χ4n) is 8.43.